The van der Waals surface area contributed by atoms with Gasteiger partial charge in [0.05, 0.1) is 0 Å². The van der Waals surface area contributed by atoms with Crippen molar-refractivity contribution in [1.82, 2.24) is 0 Å². The van der Waals surface area contributed by atoms with Crippen LogP contribution in [0, 0.1) is 6.92 Å². The Balaban J connectivity index is 0.000000165. The average molecular weight is 237 g/mol. The summed E-state index contributed by atoms with van der Waals surface area (Å²) < 4.78 is 0. The first-order valence-electron chi connectivity index (χ1n) is 4.79. The Morgan fingerprint density at radius 1 is 0.875 bits per heavy atom. The number of halogens is 1. The molecule has 0 amide bonds. The molecule has 2 aromatic carbocycles. The number of para-hydroxylation sites is 1. The molecule has 2 N–H and O–H groups in total. The number of phenolic OH excluding ortho intramolecular Hbond substituents is 2. The van der Waals surface area contributed by atoms with Crippen LogP contribution in [0.1, 0.15) is 5.56 Å². The van der Waals surface area contributed by atoms with Gasteiger partial charge in [-0.3, -0.25) is 0 Å². The van der Waals surface area contributed by atoms with Gasteiger partial charge in [-0.2, -0.15) is 0 Å². The van der Waals surface area contributed by atoms with Gasteiger partial charge in [0.15, 0.2) is 0 Å². The number of rotatable bonds is 0. The topological polar surface area (TPSA) is 40.5 Å². The van der Waals surface area contributed by atoms with Crippen molar-refractivity contribution in [3.63, 3.8) is 0 Å². The van der Waals surface area contributed by atoms with E-state index in [2.05, 4.69) is 0 Å². The molecule has 2 aromatic rings. The minimum Gasteiger partial charge on any atom is -0.508 e. The third-order valence-corrected chi connectivity index (χ3v) is 2.40. The summed E-state index contributed by atoms with van der Waals surface area (Å²) in [6, 6.07) is 13.8. The van der Waals surface area contributed by atoms with Crippen LogP contribution in [0.15, 0.2) is 48.5 Å². The largest absolute Gasteiger partial charge is 0.508 e. The number of aromatic hydroxyl groups is 2. The molecule has 0 fully saturated rings. The van der Waals surface area contributed by atoms with Gasteiger partial charge in [-0.15, -0.1) is 0 Å². The Kier molecular flexibility index (Phi) is 4.67. The zero-order chi connectivity index (χ0) is 12.0. The molecule has 84 valence electrons. The second-order valence-electron chi connectivity index (χ2n) is 3.22. The molecule has 0 saturated heterocycles. The molecule has 0 bridgehead atoms. The van der Waals surface area contributed by atoms with Crippen LogP contribution >= 0.6 is 11.6 Å². The highest BCUT2D eigenvalue weighted by Crippen LogP contribution is 2.22. The summed E-state index contributed by atoms with van der Waals surface area (Å²) in [4.78, 5) is 0. The summed E-state index contributed by atoms with van der Waals surface area (Å²) in [6.07, 6.45) is 0. The summed E-state index contributed by atoms with van der Waals surface area (Å²) >= 11 is 5.65. The molecule has 0 unspecified atom stereocenters. The molecule has 0 radical (unpaired) electrons. The van der Waals surface area contributed by atoms with Crippen molar-refractivity contribution in [2.24, 2.45) is 0 Å². The molecule has 0 aromatic heterocycles. The smallest absolute Gasteiger partial charge is 0.119 e. The number of benzene rings is 2. The fraction of sp³-hybridized carbons (Fsp3) is 0.0769. The predicted octanol–water partition coefficient (Wildman–Crippen LogP) is 3.75. The van der Waals surface area contributed by atoms with Crippen LogP contribution in [0.25, 0.3) is 0 Å². The van der Waals surface area contributed by atoms with Crippen LogP contribution in [0.3, 0.4) is 0 Å². The lowest BCUT2D eigenvalue weighted by molar-refractivity contribution is 0.471. The van der Waals surface area contributed by atoms with Crippen molar-refractivity contribution in [2.75, 3.05) is 0 Å². The van der Waals surface area contributed by atoms with Gasteiger partial charge in [-0.05, 0) is 31.2 Å². The number of hydrogen-bond acceptors (Lipinski definition) is 2. The quantitative estimate of drug-likeness (QED) is 0.732. The van der Waals surface area contributed by atoms with Gasteiger partial charge < -0.3 is 10.2 Å². The van der Waals surface area contributed by atoms with Crippen molar-refractivity contribution in [3.8, 4) is 11.5 Å². The SMILES string of the molecule is Cc1c(O)cccc1Cl.Oc1ccccc1. The van der Waals surface area contributed by atoms with E-state index in [1.165, 1.54) is 0 Å². The third kappa shape index (κ3) is 3.83. The Morgan fingerprint density at radius 2 is 1.50 bits per heavy atom. The van der Waals surface area contributed by atoms with Gasteiger partial charge in [-0.25, -0.2) is 0 Å². The minimum absolute atomic E-state index is 0.252. The third-order valence-electron chi connectivity index (χ3n) is 2.00. The van der Waals surface area contributed by atoms with E-state index in [4.69, 9.17) is 21.8 Å². The van der Waals surface area contributed by atoms with Gasteiger partial charge in [0, 0.05) is 10.6 Å². The lowest BCUT2D eigenvalue weighted by atomic mass is 10.2. The van der Waals surface area contributed by atoms with E-state index in [0.717, 1.165) is 5.56 Å². The van der Waals surface area contributed by atoms with E-state index >= 15 is 0 Å². The van der Waals surface area contributed by atoms with E-state index in [1.807, 2.05) is 6.07 Å². The van der Waals surface area contributed by atoms with Gasteiger partial charge in [0.2, 0.25) is 0 Å². The standard InChI is InChI=1S/C7H7ClO.C6H6O/c1-5-6(8)3-2-4-7(5)9;7-6-4-2-1-3-5-6/h2-4,9H,1H3;1-5,7H. The maximum absolute atomic E-state index is 9.02. The predicted molar refractivity (Wildman–Crippen MR) is 66.0 cm³/mol. The molecule has 2 nitrogen and oxygen atoms in total. The van der Waals surface area contributed by atoms with E-state index in [0.29, 0.717) is 10.8 Å². The van der Waals surface area contributed by atoms with Gasteiger partial charge in [-0.1, -0.05) is 35.9 Å². The molecule has 0 aliphatic carbocycles. The first-order chi connectivity index (χ1) is 7.61. The van der Waals surface area contributed by atoms with Gasteiger partial charge >= 0.3 is 0 Å². The Hall–Kier alpha value is -1.67. The molecule has 2 rings (SSSR count). The van der Waals surface area contributed by atoms with E-state index < -0.39 is 0 Å². The van der Waals surface area contributed by atoms with Crippen LogP contribution < -0.4 is 0 Å². The first-order valence-corrected chi connectivity index (χ1v) is 5.17. The van der Waals surface area contributed by atoms with Gasteiger partial charge in [0.25, 0.3) is 0 Å². The lowest BCUT2D eigenvalue weighted by Crippen LogP contribution is -1.73. The minimum atomic E-state index is 0.252. The van der Waals surface area contributed by atoms with Crippen molar-refractivity contribution in [1.29, 1.82) is 0 Å². The van der Waals surface area contributed by atoms with Crippen LogP contribution in [-0.2, 0) is 0 Å². The second-order valence-corrected chi connectivity index (χ2v) is 3.63. The molecule has 0 heterocycles. The van der Waals surface area contributed by atoms with Crippen molar-refractivity contribution < 1.29 is 10.2 Å². The van der Waals surface area contributed by atoms with Crippen LogP contribution in [0.4, 0.5) is 0 Å². The molecule has 0 atom stereocenters. The summed E-state index contributed by atoms with van der Waals surface area (Å²) in [5.41, 5.74) is 0.735. The molecular weight excluding hydrogens is 224 g/mol. The van der Waals surface area contributed by atoms with Crippen LogP contribution in [0.2, 0.25) is 5.02 Å². The molecule has 0 aliphatic heterocycles. The second kappa shape index (κ2) is 6.03. The van der Waals surface area contributed by atoms with Crippen molar-refractivity contribution in [2.45, 2.75) is 6.92 Å². The van der Waals surface area contributed by atoms with E-state index in [-0.39, 0.29) is 5.75 Å². The van der Waals surface area contributed by atoms with Crippen LogP contribution in [-0.4, -0.2) is 10.2 Å². The molecular formula is C13H13ClO2. The summed E-state index contributed by atoms with van der Waals surface area (Å²) in [5, 5.41) is 18.3. The maximum atomic E-state index is 9.02. The normalized spacial score (nSPS) is 9.12. The highest BCUT2D eigenvalue weighted by atomic mass is 35.5. The lowest BCUT2D eigenvalue weighted by Gasteiger charge is -1.97. The zero-order valence-corrected chi connectivity index (χ0v) is 9.65. The maximum Gasteiger partial charge on any atom is 0.119 e. The summed E-state index contributed by atoms with van der Waals surface area (Å²) in [5.74, 6) is 0.574. The Bertz CT molecular complexity index is 421. The number of hydrogen-bond donors (Lipinski definition) is 2. The first kappa shape index (κ1) is 12.4. The van der Waals surface area contributed by atoms with E-state index in [9.17, 15) is 0 Å². The Morgan fingerprint density at radius 3 is 1.88 bits per heavy atom. The Labute approximate surface area is 99.8 Å². The highest BCUT2D eigenvalue weighted by Gasteiger charge is 1.96. The van der Waals surface area contributed by atoms with Crippen LogP contribution in [0.5, 0.6) is 11.5 Å². The average Bonchev–Trinajstić information content (AvgIpc) is 2.28. The van der Waals surface area contributed by atoms with Gasteiger partial charge in [0.1, 0.15) is 11.5 Å². The van der Waals surface area contributed by atoms with Crippen molar-refractivity contribution in [3.05, 3.63) is 59.1 Å². The fourth-order valence-corrected chi connectivity index (χ4v) is 1.19. The monoisotopic (exact) mass is 236 g/mol. The van der Waals surface area contributed by atoms with E-state index in [1.54, 1.807) is 49.4 Å². The van der Waals surface area contributed by atoms with Crippen molar-refractivity contribution >= 4 is 11.6 Å². The molecule has 3 heteroatoms. The zero-order valence-electron chi connectivity index (χ0n) is 8.89. The molecule has 16 heavy (non-hydrogen) atoms. The number of phenols is 2. The fourth-order valence-electron chi connectivity index (χ4n) is 1.02. The molecule has 0 spiro atoms. The summed E-state index contributed by atoms with van der Waals surface area (Å²) in [7, 11) is 0. The highest BCUT2D eigenvalue weighted by molar-refractivity contribution is 6.31. The summed E-state index contributed by atoms with van der Waals surface area (Å²) in [6.45, 7) is 1.78. The molecule has 0 aliphatic rings. The molecule has 0 saturated carbocycles.